The van der Waals surface area contributed by atoms with Crippen LogP contribution in [0.5, 0.6) is 5.75 Å². The van der Waals surface area contributed by atoms with Crippen LogP contribution in [-0.4, -0.2) is 62.1 Å². The fraction of sp³-hybridized carbons (Fsp3) is 0.606. The van der Waals surface area contributed by atoms with E-state index in [0.717, 1.165) is 37.0 Å². The van der Waals surface area contributed by atoms with Crippen molar-refractivity contribution in [2.75, 3.05) is 33.5 Å². The van der Waals surface area contributed by atoms with Crippen LogP contribution < -0.4 is 4.74 Å². The van der Waals surface area contributed by atoms with E-state index in [2.05, 4.69) is 0 Å². The first-order valence-electron chi connectivity index (χ1n) is 15.5. The smallest absolute Gasteiger partial charge is 0.309 e. The number of hydrogen-bond donors (Lipinski definition) is 0. The molecule has 238 valence electrons. The number of nitro benzene ring substituents is 1. The van der Waals surface area contributed by atoms with E-state index in [1.54, 1.807) is 25.3 Å². The van der Waals surface area contributed by atoms with Crippen molar-refractivity contribution in [3.63, 3.8) is 0 Å². The molecule has 6 rings (SSSR count). The topological polar surface area (TPSA) is 125 Å². The lowest BCUT2D eigenvalue weighted by molar-refractivity contribution is -0.385. The molecule has 0 amide bonds. The molecule has 0 aromatic heterocycles. The summed E-state index contributed by atoms with van der Waals surface area (Å²) in [5.74, 6) is -1.08. The van der Waals surface area contributed by atoms with E-state index in [1.165, 1.54) is 6.07 Å². The number of carbonyl (C=O) groups is 1. The van der Waals surface area contributed by atoms with Gasteiger partial charge in [0.15, 0.2) is 11.6 Å². The lowest BCUT2D eigenvalue weighted by Crippen LogP contribution is -2.60. The molecular formula is C33H41NO10. The Balaban J connectivity index is 0.909. The number of nitrogens with zero attached hydrogens (tertiary/aromatic N) is 1. The molecule has 2 aliphatic heterocycles. The maximum absolute atomic E-state index is 12.7. The van der Waals surface area contributed by atoms with Gasteiger partial charge in [-0.15, -0.1) is 0 Å². The summed E-state index contributed by atoms with van der Waals surface area (Å²) in [4.78, 5) is 23.5. The van der Waals surface area contributed by atoms with E-state index < -0.39 is 16.5 Å². The van der Waals surface area contributed by atoms with Crippen LogP contribution in [0, 0.1) is 21.4 Å². The van der Waals surface area contributed by atoms with E-state index in [9.17, 15) is 14.9 Å². The van der Waals surface area contributed by atoms with Crippen LogP contribution in [0.1, 0.15) is 62.5 Å². The number of para-hydroxylation sites is 1. The molecule has 2 saturated heterocycles. The Morgan fingerprint density at radius 3 is 1.98 bits per heavy atom. The molecule has 2 heterocycles. The molecule has 2 aromatic carbocycles. The first-order chi connectivity index (χ1) is 21.3. The monoisotopic (exact) mass is 611 g/mol. The van der Waals surface area contributed by atoms with Gasteiger partial charge in [0.25, 0.3) is 5.69 Å². The van der Waals surface area contributed by atoms with Crippen molar-refractivity contribution < 1.29 is 42.9 Å². The average Bonchev–Trinajstić information content (AvgIpc) is 3.07. The zero-order chi connectivity index (χ0) is 30.6. The fourth-order valence-corrected chi connectivity index (χ4v) is 6.55. The summed E-state index contributed by atoms with van der Waals surface area (Å²) in [6, 6.07) is 14.2. The minimum Gasteiger partial charge on any atom is -0.497 e. The van der Waals surface area contributed by atoms with Crippen molar-refractivity contribution in [1.82, 2.24) is 0 Å². The molecule has 4 fully saturated rings. The van der Waals surface area contributed by atoms with Crippen LogP contribution >= 0.6 is 0 Å². The van der Waals surface area contributed by atoms with Crippen molar-refractivity contribution >= 4 is 11.7 Å². The standard InChI is InChI=1S/C33H41NO10/c1-38-27-8-6-24(7-9-27)18-39-28-12-16-33(17-13-28)43-22-31(23-44-33)20-41-32(42-21-31)14-10-25(11-15-32)30(35)40-19-26-4-2-3-5-29(26)34(36)37/h2-9,25,28H,10-23H2,1H3. The molecule has 44 heavy (non-hydrogen) atoms. The SMILES string of the molecule is COc1ccc(COC2CCC3(CC2)OCC2(CO3)COC3(CCC(C(=O)OCc4ccccc4[N+](=O)[O-])CC3)OC2)cc1. The number of benzene rings is 2. The number of esters is 1. The summed E-state index contributed by atoms with van der Waals surface area (Å²) in [6.07, 6.45) is 5.82. The highest BCUT2D eigenvalue weighted by atomic mass is 16.7. The molecule has 4 aliphatic rings. The zero-order valence-corrected chi connectivity index (χ0v) is 25.2. The van der Waals surface area contributed by atoms with Crippen molar-refractivity contribution in [2.24, 2.45) is 11.3 Å². The summed E-state index contributed by atoms with van der Waals surface area (Å²) in [5, 5.41) is 11.2. The highest BCUT2D eigenvalue weighted by Gasteiger charge is 2.52. The van der Waals surface area contributed by atoms with Crippen LogP contribution in [-0.2, 0) is 46.4 Å². The Hall–Kier alpha value is -3.09. The number of nitro groups is 1. The third kappa shape index (κ3) is 6.92. The van der Waals surface area contributed by atoms with Crippen LogP contribution in [0.4, 0.5) is 5.69 Å². The van der Waals surface area contributed by atoms with Gasteiger partial charge in [0, 0.05) is 31.7 Å². The highest BCUT2D eigenvalue weighted by molar-refractivity contribution is 5.72. The fourth-order valence-electron chi connectivity index (χ4n) is 6.55. The molecule has 3 spiro atoms. The molecule has 2 saturated carbocycles. The summed E-state index contributed by atoms with van der Waals surface area (Å²) < 4.78 is 42.3. The van der Waals surface area contributed by atoms with E-state index in [1.807, 2.05) is 24.3 Å². The van der Waals surface area contributed by atoms with Crippen LogP contribution in [0.15, 0.2) is 48.5 Å². The maximum atomic E-state index is 12.7. The zero-order valence-electron chi connectivity index (χ0n) is 25.2. The molecule has 0 radical (unpaired) electrons. The predicted octanol–water partition coefficient (Wildman–Crippen LogP) is 5.47. The molecule has 0 unspecified atom stereocenters. The van der Waals surface area contributed by atoms with Crippen LogP contribution in [0.3, 0.4) is 0 Å². The van der Waals surface area contributed by atoms with Gasteiger partial charge in [-0.05, 0) is 49.4 Å². The quantitative estimate of drug-likeness (QED) is 0.216. The minimum atomic E-state index is -0.714. The molecular weight excluding hydrogens is 570 g/mol. The van der Waals surface area contributed by atoms with Crippen molar-refractivity contribution in [3.05, 3.63) is 69.8 Å². The van der Waals surface area contributed by atoms with Crippen molar-refractivity contribution in [3.8, 4) is 5.75 Å². The van der Waals surface area contributed by atoms with Gasteiger partial charge in [-0.25, -0.2) is 0 Å². The summed E-state index contributed by atoms with van der Waals surface area (Å²) in [6.45, 7) is 2.43. The molecule has 0 atom stereocenters. The number of carbonyl (C=O) groups excluding carboxylic acids is 1. The Kier molecular flexibility index (Phi) is 9.21. The van der Waals surface area contributed by atoms with Crippen molar-refractivity contribution in [1.29, 1.82) is 0 Å². The molecule has 11 heteroatoms. The first kappa shape index (κ1) is 30.9. The third-order valence-corrected chi connectivity index (χ3v) is 9.54. The molecule has 2 aromatic rings. The lowest BCUT2D eigenvalue weighted by atomic mass is 9.82. The van der Waals surface area contributed by atoms with Gasteiger partial charge in [-0.2, -0.15) is 0 Å². The second-order valence-corrected chi connectivity index (χ2v) is 12.6. The number of methoxy groups -OCH3 is 1. The Morgan fingerprint density at radius 1 is 0.841 bits per heavy atom. The van der Waals surface area contributed by atoms with Gasteiger partial charge < -0.3 is 33.2 Å². The van der Waals surface area contributed by atoms with Crippen LogP contribution in [0.2, 0.25) is 0 Å². The van der Waals surface area contributed by atoms with Gasteiger partial charge in [0.1, 0.15) is 12.4 Å². The summed E-state index contributed by atoms with van der Waals surface area (Å²) in [7, 11) is 1.66. The molecule has 0 N–H and O–H groups in total. The van der Waals surface area contributed by atoms with Gasteiger partial charge in [-0.1, -0.05) is 24.3 Å². The van der Waals surface area contributed by atoms with E-state index in [-0.39, 0.29) is 35.7 Å². The van der Waals surface area contributed by atoms with Gasteiger partial charge in [0.05, 0.1) is 68.1 Å². The normalized spacial score (nSPS) is 32.0. The van der Waals surface area contributed by atoms with Gasteiger partial charge in [-0.3, -0.25) is 14.9 Å². The van der Waals surface area contributed by atoms with Crippen molar-refractivity contribution in [2.45, 2.75) is 82.3 Å². The summed E-state index contributed by atoms with van der Waals surface area (Å²) >= 11 is 0. The van der Waals surface area contributed by atoms with Crippen LogP contribution in [0.25, 0.3) is 0 Å². The first-order valence-corrected chi connectivity index (χ1v) is 15.5. The highest BCUT2D eigenvalue weighted by Crippen LogP contribution is 2.46. The van der Waals surface area contributed by atoms with E-state index >= 15 is 0 Å². The number of ether oxygens (including phenoxy) is 7. The summed E-state index contributed by atoms with van der Waals surface area (Å²) in [5.41, 5.74) is 1.10. The second kappa shape index (κ2) is 13.1. The maximum Gasteiger partial charge on any atom is 0.309 e. The molecule has 11 nitrogen and oxygen atoms in total. The predicted molar refractivity (Wildman–Crippen MR) is 157 cm³/mol. The average molecular weight is 612 g/mol. The van der Waals surface area contributed by atoms with E-state index in [0.29, 0.717) is 64.3 Å². The second-order valence-electron chi connectivity index (χ2n) is 12.6. The largest absolute Gasteiger partial charge is 0.497 e. The molecule has 0 bridgehead atoms. The Morgan fingerprint density at radius 2 is 1.41 bits per heavy atom. The number of rotatable bonds is 8. The van der Waals surface area contributed by atoms with Gasteiger partial charge >= 0.3 is 5.97 Å². The minimum absolute atomic E-state index is 0.0510. The van der Waals surface area contributed by atoms with Gasteiger partial charge in [0.2, 0.25) is 0 Å². The Labute approximate surface area is 257 Å². The Bertz CT molecular complexity index is 1280. The molecule has 2 aliphatic carbocycles. The van der Waals surface area contributed by atoms with E-state index in [4.69, 9.17) is 33.2 Å². The third-order valence-electron chi connectivity index (χ3n) is 9.54. The number of hydrogen-bond acceptors (Lipinski definition) is 10. The lowest BCUT2D eigenvalue weighted by Gasteiger charge is -2.53.